The third-order valence-corrected chi connectivity index (χ3v) is 2.77. The minimum atomic E-state index is -0.396. The number of hydrogen-bond acceptors (Lipinski definition) is 2. The number of benzene rings is 1. The molecule has 1 rings (SSSR count). The van der Waals surface area contributed by atoms with Crippen LogP contribution >= 0.6 is 0 Å². The lowest BCUT2D eigenvalue weighted by Crippen LogP contribution is -2.31. The molecular formula is C13H21NO. The molecule has 0 heterocycles. The summed E-state index contributed by atoms with van der Waals surface area (Å²) < 4.78 is 0. The molecule has 0 bridgehead atoms. The average Bonchev–Trinajstić information content (AvgIpc) is 2.31. The Morgan fingerprint density at radius 2 is 1.73 bits per heavy atom. The molecule has 0 radical (unpaired) electrons. The molecule has 0 saturated heterocycles. The van der Waals surface area contributed by atoms with Gasteiger partial charge in [0.05, 0.1) is 6.10 Å². The zero-order chi connectivity index (χ0) is 11.1. The van der Waals surface area contributed by atoms with E-state index in [1.165, 1.54) is 0 Å². The Hall–Kier alpha value is -0.860. The van der Waals surface area contributed by atoms with Crippen LogP contribution in [0, 0.1) is 0 Å². The predicted molar refractivity (Wildman–Crippen MR) is 63.8 cm³/mol. The van der Waals surface area contributed by atoms with Gasteiger partial charge in [-0.25, -0.2) is 0 Å². The van der Waals surface area contributed by atoms with Crippen LogP contribution in [0.5, 0.6) is 0 Å². The molecule has 1 aromatic carbocycles. The van der Waals surface area contributed by atoms with E-state index in [2.05, 4.69) is 19.2 Å². The van der Waals surface area contributed by atoms with Crippen molar-refractivity contribution in [1.29, 1.82) is 0 Å². The van der Waals surface area contributed by atoms with Gasteiger partial charge >= 0.3 is 0 Å². The fraction of sp³-hybridized carbons (Fsp3) is 0.538. The Morgan fingerprint density at radius 1 is 1.13 bits per heavy atom. The molecule has 2 nitrogen and oxygen atoms in total. The minimum Gasteiger partial charge on any atom is -0.387 e. The molecule has 0 aliphatic heterocycles. The first-order chi connectivity index (χ1) is 7.27. The average molecular weight is 207 g/mol. The maximum atomic E-state index is 9.90. The second kappa shape index (κ2) is 6.59. The highest BCUT2D eigenvalue weighted by Crippen LogP contribution is 2.11. The van der Waals surface area contributed by atoms with Crippen molar-refractivity contribution in [3.63, 3.8) is 0 Å². The number of nitrogens with one attached hydrogen (secondary N) is 1. The zero-order valence-electron chi connectivity index (χ0n) is 9.61. The SMILES string of the molecule is CCC(CC)NCC(O)c1ccccc1. The molecule has 2 N–H and O–H groups in total. The van der Waals surface area contributed by atoms with E-state index in [-0.39, 0.29) is 0 Å². The topological polar surface area (TPSA) is 32.3 Å². The second-order valence-electron chi connectivity index (χ2n) is 3.85. The van der Waals surface area contributed by atoms with Crippen LogP contribution in [0.2, 0.25) is 0 Å². The lowest BCUT2D eigenvalue weighted by Gasteiger charge is -2.18. The zero-order valence-corrected chi connectivity index (χ0v) is 9.61. The highest BCUT2D eigenvalue weighted by molar-refractivity contribution is 5.17. The second-order valence-corrected chi connectivity index (χ2v) is 3.85. The fourth-order valence-corrected chi connectivity index (χ4v) is 1.65. The summed E-state index contributed by atoms with van der Waals surface area (Å²) >= 11 is 0. The first-order valence-electron chi connectivity index (χ1n) is 5.74. The van der Waals surface area contributed by atoms with Gasteiger partial charge in [-0.1, -0.05) is 44.2 Å². The summed E-state index contributed by atoms with van der Waals surface area (Å²) in [5, 5.41) is 13.3. The van der Waals surface area contributed by atoms with Gasteiger partial charge in [0.1, 0.15) is 0 Å². The standard InChI is InChI=1S/C13H21NO/c1-3-12(4-2)14-10-13(15)11-8-6-5-7-9-11/h5-9,12-15H,3-4,10H2,1-2H3. The summed E-state index contributed by atoms with van der Waals surface area (Å²) in [6.07, 6.45) is 1.82. The third kappa shape index (κ3) is 4.02. The van der Waals surface area contributed by atoms with E-state index in [1.807, 2.05) is 30.3 Å². The van der Waals surface area contributed by atoms with Gasteiger partial charge in [0.2, 0.25) is 0 Å². The van der Waals surface area contributed by atoms with Crippen LogP contribution in [-0.2, 0) is 0 Å². The van der Waals surface area contributed by atoms with Gasteiger partial charge in [0.25, 0.3) is 0 Å². The highest BCUT2D eigenvalue weighted by Gasteiger charge is 2.08. The van der Waals surface area contributed by atoms with Crippen molar-refractivity contribution >= 4 is 0 Å². The molecule has 0 aliphatic rings. The van der Waals surface area contributed by atoms with Gasteiger partial charge in [-0.2, -0.15) is 0 Å². The quantitative estimate of drug-likeness (QED) is 0.751. The molecule has 15 heavy (non-hydrogen) atoms. The van der Waals surface area contributed by atoms with Crippen LogP contribution in [0.4, 0.5) is 0 Å². The highest BCUT2D eigenvalue weighted by atomic mass is 16.3. The van der Waals surface area contributed by atoms with E-state index in [0.29, 0.717) is 12.6 Å². The Morgan fingerprint density at radius 3 is 2.27 bits per heavy atom. The van der Waals surface area contributed by atoms with Crippen molar-refractivity contribution in [2.75, 3.05) is 6.54 Å². The van der Waals surface area contributed by atoms with Crippen molar-refractivity contribution < 1.29 is 5.11 Å². The number of aliphatic hydroxyl groups excluding tert-OH is 1. The van der Waals surface area contributed by atoms with E-state index in [9.17, 15) is 5.11 Å². The molecular weight excluding hydrogens is 186 g/mol. The first-order valence-corrected chi connectivity index (χ1v) is 5.74. The largest absolute Gasteiger partial charge is 0.387 e. The van der Waals surface area contributed by atoms with E-state index in [0.717, 1.165) is 18.4 Å². The van der Waals surface area contributed by atoms with Gasteiger partial charge in [-0.05, 0) is 18.4 Å². The summed E-state index contributed by atoms with van der Waals surface area (Å²) in [6.45, 7) is 4.96. The first kappa shape index (κ1) is 12.2. The van der Waals surface area contributed by atoms with Crippen LogP contribution in [0.25, 0.3) is 0 Å². The molecule has 1 atom stereocenters. The lowest BCUT2D eigenvalue weighted by atomic mass is 10.1. The maximum Gasteiger partial charge on any atom is 0.0914 e. The van der Waals surface area contributed by atoms with Crippen LogP contribution < -0.4 is 5.32 Å². The molecule has 0 saturated carbocycles. The van der Waals surface area contributed by atoms with Crippen LogP contribution in [0.3, 0.4) is 0 Å². The van der Waals surface area contributed by atoms with Crippen LogP contribution in [0.15, 0.2) is 30.3 Å². The summed E-state index contributed by atoms with van der Waals surface area (Å²) in [4.78, 5) is 0. The van der Waals surface area contributed by atoms with Crippen molar-refractivity contribution in [2.24, 2.45) is 0 Å². The Kier molecular flexibility index (Phi) is 5.37. The van der Waals surface area contributed by atoms with Gasteiger partial charge in [-0.15, -0.1) is 0 Å². The summed E-state index contributed by atoms with van der Waals surface area (Å²) in [5.41, 5.74) is 0.982. The Labute approximate surface area is 92.3 Å². The predicted octanol–water partition coefficient (Wildman–Crippen LogP) is 2.50. The maximum absolute atomic E-state index is 9.90. The number of aliphatic hydroxyl groups is 1. The Bertz CT molecular complexity index is 256. The van der Waals surface area contributed by atoms with Crippen molar-refractivity contribution in [1.82, 2.24) is 5.32 Å². The van der Waals surface area contributed by atoms with Crippen LogP contribution in [0.1, 0.15) is 38.4 Å². The summed E-state index contributed by atoms with van der Waals surface area (Å²) in [5.74, 6) is 0. The van der Waals surface area contributed by atoms with Crippen molar-refractivity contribution in [2.45, 2.75) is 38.8 Å². The molecule has 0 fully saturated rings. The molecule has 2 heteroatoms. The monoisotopic (exact) mass is 207 g/mol. The molecule has 0 amide bonds. The number of hydrogen-bond donors (Lipinski definition) is 2. The normalized spacial score (nSPS) is 13.1. The minimum absolute atomic E-state index is 0.396. The Balaban J connectivity index is 2.39. The van der Waals surface area contributed by atoms with Gasteiger partial charge < -0.3 is 10.4 Å². The molecule has 0 spiro atoms. The van der Waals surface area contributed by atoms with Gasteiger partial charge in [-0.3, -0.25) is 0 Å². The van der Waals surface area contributed by atoms with E-state index >= 15 is 0 Å². The summed E-state index contributed by atoms with van der Waals surface area (Å²) in [6, 6.07) is 10.3. The van der Waals surface area contributed by atoms with Gasteiger partial charge in [0.15, 0.2) is 0 Å². The molecule has 0 aromatic heterocycles. The summed E-state index contributed by atoms with van der Waals surface area (Å²) in [7, 11) is 0. The molecule has 1 aromatic rings. The van der Waals surface area contributed by atoms with Crippen molar-refractivity contribution in [3.05, 3.63) is 35.9 Å². The van der Waals surface area contributed by atoms with E-state index in [1.54, 1.807) is 0 Å². The van der Waals surface area contributed by atoms with Crippen LogP contribution in [-0.4, -0.2) is 17.7 Å². The molecule has 84 valence electrons. The molecule has 0 aliphatic carbocycles. The van der Waals surface area contributed by atoms with E-state index < -0.39 is 6.10 Å². The lowest BCUT2D eigenvalue weighted by molar-refractivity contribution is 0.169. The van der Waals surface area contributed by atoms with E-state index in [4.69, 9.17) is 0 Å². The third-order valence-electron chi connectivity index (χ3n) is 2.77. The number of rotatable bonds is 6. The van der Waals surface area contributed by atoms with Gasteiger partial charge in [0, 0.05) is 12.6 Å². The van der Waals surface area contributed by atoms with Crippen molar-refractivity contribution in [3.8, 4) is 0 Å². The fourth-order valence-electron chi connectivity index (χ4n) is 1.65. The smallest absolute Gasteiger partial charge is 0.0914 e. The molecule has 1 unspecified atom stereocenters.